The summed E-state index contributed by atoms with van der Waals surface area (Å²) in [5, 5.41) is 0. The highest BCUT2D eigenvalue weighted by Gasteiger charge is 2.23. The van der Waals surface area contributed by atoms with Crippen LogP contribution in [0.15, 0.2) is 30.5 Å². The van der Waals surface area contributed by atoms with E-state index < -0.39 is 0 Å². The third-order valence-electron chi connectivity index (χ3n) is 3.82. The minimum absolute atomic E-state index is 0.263. The smallest absolute Gasteiger partial charge is 0.138 e. The normalized spacial score (nSPS) is 18.1. The van der Waals surface area contributed by atoms with Crippen molar-refractivity contribution in [1.82, 2.24) is 9.97 Å². The summed E-state index contributed by atoms with van der Waals surface area (Å²) in [5.74, 6) is 1.59. The topological polar surface area (TPSA) is 77.8 Å². The van der Waals surface area contributed by atoms with Gasteiger partial charge in [-0.05, 0) is 30.4 Å². The maximum Gasteiger partial charge on any atom is 0.138 e. The number of nitrogens with zero attached hydrogens (tertiary/aromatic N) is 2. The first kappa shape index (κ1) is 12.1. The van der Waals surface area contributed by atoms with Crippen molar-refractivity contribution in [2.45, 2.75) is 31.7 Å². The number of hydrogen-bond acceptors (Lipinski definition) is 4. The average molecular weight is 254 g/mol. The number of nitrogens with two attached hydrogens (primary N) is 2. The Morgan fingerprint density at radius 3 is 2.89 bits per heavy atom. The summed E-state index contributed by atoms with van der Waals surface area (Å²) < 4.78 is 0. The van der Waals surface area contributed by atoms with E-state index in [4.69, 9.17) is 11.5 Å². The SMILES string of the molecule is NCc1cnc(C2CCCc3ccccc32)nc1N. The van der Waals surface area contributed by atoms with Gasteiger partial charge in [0.2, 0.25) is 0 Å². The first-order valence-electron chi connectivity index (χ1n) is 6.68. The molecule has 1 unspecified atom stereocenters. The van der Waals surface area contributed by atoms with Gasteiger partial charge in [0.05, 0.1) is 0 Å². The van der Waals surface area contributed by atoms with Crippen LogP contribution in [0.25, 0.3) is 0 Å². The molecule has 0 aliphatic heterocycles. The van der Waals surface area contributed by atoms with Crippen molar-refractivity contribution < 1.29 is 0 Å². The fourth-order valence-electron chi connectivity index (χ4n) is 2.78. The molecule has 0 bridgehead atoms. The third kappa shape index (κ3) is 2.19. The van der Waals surface area contributed by atoms with E-state index in [1.807, 2.05) is 0 Å². The van der Waals surface area contributed by atoms with Crippen LogP contribution in [0.1, 0.15) is 41.3 Å². The summed E-state index contributed by atoms with van der Waals surface area (Å²) >= 11 is 0. The predicted octanol–water partition coefficient (Wildman–Crippen LogP) is 1.99. The summed E-state index contributed by atoms with van der Waals surface area (Å²) in [6.07, 6.45) is 5.15. The van der Waals surface area contributed by atoms with E-state index in [-0.39, 0.29) is 5.92 Å². The second-order valence-electron chi connectivity index (χ2n) is 4.99. The fourth-order valence-corrected chi connectivity index (χ4v) is 2.78. The molecule has 1 aromatic carbocycles. The van der Waals surface area contributed by atoms with Crippen LogP contribution in [-0.2, 0) is 13.0 Å². The number of benzene rings is 1. The van der Waals surface area contributed by atoms with Gasteiger partial charge < -0.3 is 11.5 Å². The molecule has 1 heterocycles. The van der Waals surface area contributed by atoms with Crippen molar-refractivity contribution in [3.8, 4) is 0 Å². The van der Waals surface area contributed by atoms with E-state index in [2.05, 4.69) is 34.2 Å². The first-order chi connectivity index (χ1) is 9.29. The van der Waals surface area contributed by atoms with Gasteiger partial charge in [-0.3, -0.25) is 0 Å². The predicted molar refractivity (Wildman–Crippen MR) is 75.6 cm³/mol. The minimum Gasteiger partial charge on any atom is -0.383 e. The Labute approximate surface area is 112 Å². The second kappa shape index (κ2) is 4.97. The summed E-state index contributed by atoms with van der Waals surface area (Å²) in [6, 6.07) is 8.54. The van der Waals surface area contributed by atoms with E-state index >= 15 is 0 Å². The highest BCUT2D eigenvalue weighted by atomic mass is 15.0. The van der Waals surface area contributed by atoms with Gasteiger partial charge in [0.25, 0.3) is 0 Å². The molecule has 0 fully saturated rings. The summed E-state index contributed by atoms with van der Waals surface area (Å²) in [5.41, 5.74) is 15.1. The largest absolute Gasteiger partial charge is 0.383 e. The molecule has 4 nitrogen and oxygen atoms in total. The van der Waals surface area contributed by atoms with Crippen LogP contribution in [0, 0.1) is 0 Å². The zero-order valence-electron chi connectivity index (χ0n) is 10.8. The molecule has 0 saturated carbocycles. The minimum atomic E-state index is 0.263. The average Bonchev–Trinajstić information content (AvgIpc) is 2.46. The highest BCUT2D eigenvalue weighted by molar-refractivity contribution is 5.41. The Kier molecular flexibility index (Phi) is 3.17. The molecule has 98 valence electrons. The summed E-state index contributed by atoms with van der Waals surface area (Å²) in [6.45, 7) is 0.382. The van der Waals surface area contributed by atoms with Crippen molar-refractivity contribution in [3.63, 3.8) is 0 Å². The zero-order valence-corrected chi connectivity index (χ0v) is 10.8. The number of rotatable bonds is 2. The third-order valence-corrected chi connectivity index (χ3v) is 3.82. The lowest BCUT2D eigenvalue weighted by Crippen LogP contribution is -2.15. The maximum atomic E-state index is 5.93. The molecular weight excluding hydrogens is 236 g/mol. The molecule has 4 N–H and O–H groups in total. The Balaban J connectivity index is 2.02. The van der Waals surface area contributed by atoms with E-state index in [1.165, 1.54) is 17.5 Å². The van der Waals surface area contributed by atoms with Gasteiger partial charge in [-0.2, -0.15) is 0 Å². The number of aromatic nitrogens is 2. The Bertz CT molecular complexity index is 594. The molecule has 3 rings (SSSR count). The van der Waals surface area contributed by atoms with Crippen LogP contribution in [-0.4, -0.2) is 9.97 Å². The van der Waals surface area contributed by atoms with Crippen LogP contribution in [0.2, 0.25) is 0 Å². The van der Waals surface area contributed by atoms with Crippen LogP contribution >= 0.6 is 0 Å². The molecule has 1 atom stereocenters. The highest BCUT2D eigenvalue weighted by Crippen LogP contribution is 2.35. The van der Waals surface area contributed by atoms with Crippen molar-refractivity contribution >= 4 is 5.82 Å². The number of nitrogen functional groups attached to an aromatic ring is 1. The van der Waals surface area contributed by atoms with Gasteiger partial charge in [0.1, 0.15) is 11.6 Å². The molecule has 19 heavy (non-hydrogen) atoms. The van der Waals surface area contributed by atoms with Gasteiger partial charge in [-0.15, -0.1) is 0 Å². The van der Waals surface area contributed by atoms with Gasteiger partial charge in [0, 0.05) is 24.2 Å². The summed E-state index contributed by atoms with van der Waals surface area (Å²) in [7, 11) is 0. The first-order valence-corrected chi connectivity index (χ1v) is 6.68. The fraction of sp³-hybridized carbons (Fsp3) is 0.333. The van der Waals surface area contributed by atoms with Gasteiger partial charge in [-0.1, -0.05) is 24.3 Å². The van der Waals surface area contributed by atoms with E-state index in [9.17, 15) is 0 Å². The molecular formula is C15H18N4. The van der Waals surface area contributed by atoms with Crippen LogP contribution in [0.3, 0.4) is 0 Å². The number of anilines is 1. The Morgan fingerprint density at radius 2 is 2.11 bits per heavy atom. The molecule has 4 heteroatoms. The van der Waals surface area contributed by atoms with Gasteiger partial charge in [-0.25, -0.2) is 9.97 Å². The lowest BCUT2D eigenvalue weighted by atomic mass is 9.82. The van der Waals surface area contributed by atoms with Crippen molar-refractivity contribution in [3.05, 3.63) is 53.0 Å². The molecule has 1 aliphatic rings. The molecule has 2 aromatic rings. The lowest BCUT2D eigenvalue weighted by Gasteiger charge is -2.24. The van der Waals surface area contributed by atoms with Crippen molar-refractivity contribution in [2.75, 3.05) is 5.73 Å². The molecule has 0 amide bonds. The van der Waals surface area contributed by atoms with Gasteiger partial charge >= 0.3 is 0 Å². The van der Waals surface area contributed by atoms with E-state index in [0.717, 1.165) is 24.2 Å². The van der Waals surface area contributed by atoms with Crippen LogP contribution < -0.4 is 11.5 Å². The lowest BCUT2D eigenvalue weighted by molar-refractivity contribution is 0.590. The van der Waals surface area contributed by atoms with Crippen LogP contribution in [0.5, 0.6) is 0 Å². The molecule has 0 saturated heterocycles. The maximum absolute atomic E-state index is 5.93. The van der Waals surface area contributed by atoms with Crippen molar-refractivity contribution in [2.24, 2.45) is 5.73 Å². The standard InChI is InChI=1S/C15H18N4/c16-8-11-9-18-15(19-14(11)17)13-7-3-5-10-4-1-2-6-12(10)13/h1-2,4,6,9,13H,3,5,7-8,16H2,(H2,17,18,19). The molecule has 0 radical (unpaired) electrons. The van der Waals surface area contributed by atoms with E-state index in [0.29, 0.717) is 12.4 Å². The summed E-state index contributed by atoms with van der Waals surface area (Å²) in [4.78, 5) is 8.91. The van der Waals surface area contributed by atoms with Gasteiger partial charge in [0.15, 0.2) is 0 Å². The van der Waals surface area contributed by atoms with Crippen LogP contribution in [0.4, 0.5) is 5.82 Å². The van der Waals surface area contributed by atoms with E-state index in [1.54, 1.807) is 6.20 Å². The zero-order chi connectivity index (χ0) is 13.2. The quantitative estimate of drug-likeness (QED) is 0.859. The number of fused-ring (bicyclic) bond motifs is 1. The monoisotopic (exact) mass is 254 g/mol. The molecule has 1 aromatic heterocycles. The second-order valence-corrected chi connectivity index (χ2v) is 4.99. The molecule has 1 aliphatic carbocycles. The molecule has 0 spiro atoms. The number of aryl methyl sites for hydroxylation is 1. The Morgan fingerprint density at radius 1 is 1.26 bits per heavy atom. The Hall–Kier alpha value is -1.94. The number of hydrogen-bond donors (Lipinski definition) is 2. The van der Waals surface area contributed by atoms with Crippen molar-refractivity contribution in [1.29, 1.82) is 0 Å².